The minimum Gasteiger partial charge on any atom is -0.497 e. The van der Waals surface area contributed by atoms with Gasteiger partial charge in [0.15, 0.2) is 0 Å². The molecule has 21 heavy (non-hydrogen) atoms. The number of likely N-dealkylation sites (N-methyl/N-ethyl adjacent to an activating group) is 1. The number of anilines is 1. The number of para-hydroxylation sites is 1. The van der Waals surface area contributed by atoms with Crippen molar-refractivity contribution in [3.63, 3.8) is 0 Å². The summed E-state index contributed by atoms with van der Waals surface area (Å²) in [6, 6.07) is 15.7. The number of methoxy groups -OCH3 is 1. The van der Waals surface area contributed by atoms with Crippen molar-refractivity contribution < 1.29 is 9.53 Å². The summed E-state index contributed by atoms with van der Waals surface area (Å²) < 4.78 is 5.26. The third kappa shape index (κ3) is 2.67. The Morgan fingerprint density at radius 1 is 1.10 bits per heavy atom. The maximum absolute atomic E-state index is 12.3. The highest BCUT2D eigenvalue weighted by atomic mass is 32.2. The molecule has 0 unspecified atom stereocenters. The highest BCUT2D eigenvalue weighted by Crippen LogP contribution is 2.42. The molecule has 106 valence electrons. The molecule has 0 bridgehead atoms. The minimum absolute atomic E-state index is 0.0229. The quantitative estimate of drug-likeness (QED) is 0.844. The Balaban J connectivity index is 2.07. The summed E-state index contributed by atoms with van der Waals surface area (Å²) >= 11 is 1.60. The molecule has 0 spiro atoms. The predicted molar refractivity (Wildman–Crippen MR) is 86.7 cm³/mol. The number of rotatable bonds is 2. The van der Waals surface area contributed by atoms with Crippen LogP contribution in [0.15, 0.2) is 59.5 Å². The molecule has 2 aromatic rings. The summed E-state index contributed by atoms with van der Waals surface area (Å²) in [4.78, 5) is 16.0. The lowest BCUT2D eigenvalue weighted by atomic mass is 10.2. The van der Waals surface area contributed by atoms with Crippen LogP contribution in [-0.2, 0) is 4.79 Å². The van der Waals surface area contributed by atoms with E-state index >= 15 is 0 Å². The average molecular weight is 297 g/mol. The van der Waals surface area contributed by atoms with Crippen LogP contribution in [0, 0.1) is 0 Å². The Hall–Kier alpha value is -2.20. The fourth-order valence-electron chi connectivity index (χ4n) is 2.21. The van der Waals surface area contributed by atoms with E-state index in [-0.39, 0.29) is 5.91 Å². The Kier molecular flexibility index (Phi) is 3.71. The average Bonchev–Trinajstić information content (AvgIpc) is 2.65. The van der Waals surface area contributed by atoms with Gasteiger partial charge in [-0.1, -0.05) is 36.0 Å². The van der Waals surface area contributed by atoms with E-state index in [0.29, 0.717) is 0 Å². The largest absolute Gasteiger partial charge is 0.497 e. The molecule has 0 radical (unpaired) electrons. The molecule has 1 aliphatic rings. The van der Waals surface area contributed by atoms with Gasteiger partial charge < -0.3 is 9.64 Å². The molecule has 0 aliphatic carbocycles. The van der Waals surface area contributed by atoms with Crippen LogP contribution in [0.1, 0.15) is 5.56 Å². The molecular weight excluding hydrogens is 282 g/mol. The maximum atomic E-state index is 12.3. The number of benzene rings is 2. The number of carbonyl (C=O) groups is 1. The van der Waals surface area contributed by atoms with E-state index in [1.165, 1.54) is 0 Å². The van der Waals surface area contributed by atoms with Gasteiger partial charge in [0.2, 0.25) is 0 Å². The van der Waals surface area contributed by atoms with Crippen molar-refractivity contribution in [1.82, 2.24) is 0 Å². The first-order valence-electron chi connectivity index (χ1n) is 6.60. The van der Waals surface area contributed by atoms with Gasteiger partial charge in [0.1, 0.15) is 5.75 Å². The second kappa shape index (κ2) is 5.66. The van der Waals surface area contributed by atoms with Crippen LogP contribution in [0.3, 0.4) is 0 Å². The lowest BCUT2D eigenvalue weighted by molar-refractivity contribution is -0.113. The Bertz CT molecular complexity index is 724. The van der Waals surface area contributed by atoms with Crippen molar-refractivity contribution in [3.8, 4) is 5.75 Å². The SMILES string of the molecule is COc1cccc(C2=CC(=O)N(C)c3ccccc3S2)c1. The molecular formula is C17H15NO2S. The smallest absolute Gasteiger partial charge is 0.251 e. The van der Waals surface area contributed by atoms with Crippen LogP contribution in [0.2, 0.25) is 0 Å². The van der Waals surface area contributed by atoms with E-state index < -0.39 is 0 Å². The predicted octanol–water partition coefficient (Wildman–Crippen LogP) is 3.80. The summed E-state index contributed by atoms with van der Waals surface area (Å²) in [6.07, 6.45) is 1.68. The van der Waals surface area contributed by atoms with Gasteiger partial charge >= 0.3 is 0 Å². The molecule has 0 saturated heterocycles. The lowest BCUT2D eigenvalue weighted by Crippen LogP contribution is -2.23. The van der Waals surface area contributed by atoms with E-state index in [2.05, 4.69) is 0 Å². The van der Waals surface area contributed by atoms with Gasteiger partial charge in [-0.2, -0.15) is 0 Å². The monoisotopic (exact) mass is 297 g/mol. The fourth-order valence-corrected chi connectivity index (χ4v) is 3.31. The minimum atomic E-state index is -0.0229. The van der Waals surface area contributed by atoms with Gasteiger partial charge in [0, 0.05) is 22.9 Å². The first-order chi connectivity index (χ1) is 10.2. The van der Waals surface area contributed by atoms with Crippen LogP contribution >= 0.6 is 11.8 Å². The van der Waals surface area contributed by atoms with E-state index in [9.17, 15) is 4.79 Å². The van der Waals surface area contributed by atoms with E-state index in [1.54, 1.807) is 36.9 Å². The summed E-state index contributed by atoms with van der Waals surface area (Å²) in [7, 11) is 3.44. The zero-order chi connectivity index (χ0) is 14.8. The van der Waals surface area contributed by atoms with Crippen LogP contribution in [0.25, 0.3) is 4.91 Å². The van der Waals surface area contributed by atoms with Crippen LogP contribution in [-0.4, -0.2) is 20.1 Å². The number of ether oxygens (including phenoxy) is 1. The van der Waals surface area contributed by atoms with E-state index in [0.717, 1.165) is 26.8 Å². The Morgan fingerprint density at radius 3 is 2.71 bits per heavy atom. The molecule has 3 nitrogen and oxygen atoms in total. The number of nitrogens with zero attached hydrogens (tertiary/aromatic N) is 1. The number of thioether (sulfide) groups is 1. The van der Waals surface area contributed by atoms with Gasteiger partial charge in [-0.05, 0) is 29.8 Å². The van der Waals surface area contributed by atoms with Gasteiger partial charge in [0.05, 0.1) is 12.8 Å². The van der Waals surface area contributed by atoms with Gasteiger partial charge in [-0.3, -0.25) is 4.79 Å². The topological polar surface area (TPSA) is 29.5 Å². The van der Waals surface area contributed by atoms with Crippen molar-refractivity contribution in [2.24, 2.45) is 0 Å². The highest BCUT2D eigenvalue weighted by molar-refractivity contribution is 8.08. The van der Waals surface area contributed by atoms with Crippen molar-refractivity contribution in [1.29, 1.82) is 0 Å². The first-order valence-corrected chi connectivity index (χ1v) is 7.41. The molecule has 0 aromatic heterocycles. The molecule has 0 fully saturated rings. The van der Waals surface area contributed by atoms with Crippen molar-refractivity contribution in [2.45, 2.75) is 4.90 Å². The zero-order valence-corrected chi connectivity index (χ0v) is 12.7. The Morgan fingerprint density at radius 2 is 1.90 bits per heavy atom. The molecule has 0 saturated carbocycles. The summed E-state index contributed by atoms with van der Waals surface area (Å²) in [5.41, 5.74) is 1.92. The number of carbonyl (C=O) groups excluding carboxylic acids is 1. The molecule has 0 atom stereocenters. The van der Waals surface area contributed by atoms with Crippen LogP contribution < -0.4 is 9.64 Å². The van der Waals surface area contributed by atoms with Crippen molar-refractivity contribution >= 4 is 28.3 Å². The number of hydrogen-bond acceptors (Lipinski definition) is 3. The van der Waals surface area contributed by atoms with E-state index in [4.69, 9.17) is 4.74 Å². The van der Waals surface area contributed by atoms with Crippen molar-refractivity contribution in [3.05, 3.63) is 60.2 Å². The zero-order valence-electron chi connectivity index (χ0n) is 11.9. The lowest BCUT2D eigenvalue weighted by Gasteiger charge is -2.15. The third-order valence-electron chi connectivity index (χ3n) is 3.39. The molecule has 0 N–H and O–H groups in total. The molecule has 4 heteroatoms. The highest BCUT2D eigenvalue weighted by Gasteiger charge is 2.20. The molecule has 1 aliphatic heterocycles. The summed E-state index contributed by atoms with van der Waals surface area (Å²) in [5, 5.41) is 0. The Labute approximate surface area is 128 Å². The number of amides is 1. The second-order valence-electron chi connectivity index (χ2n) is 4.71. The third-order valence-corrected chi connectivity index (χ3v) is 4.52. The summed E-state index contributed by atoms with van der Waals surface area (Å²) in [5.74, 6) is 0.762. The molecule has 1 heterocycles. The molecule has 2 aromatic carbocycles. The van der Waals surface area contributed by atoms with Gasteiger partial charge in [-0.25, -0.2) is 0 Å². The second-order valence-corrected chi connectivity index (χ2v) is 5.79. The normalized spacial score (nSPS) is 14.3. The molecule has 1 amide bonds. The maximum Gasteiger partial charge on any atom is 0.251 e. The van der Waals surface area contributed by atoms with Gasteiger partial charge in [-0.15, -0.1) is 0 Å². The van der Waals surface area contributed by atoms with Crippen molar-refractivity contribution in [2.75, 3.05) is 19.1 Å². The van der Waals surface area contributed by atoms with Crippen LogP contribution in [0.5, 0.6) is 5.75 Å². The van der Waals surface area contributed by atoms with Gasteiger partial charge in [0.25, 0.3) is 5.91 Å². The number of fused-ring (bicyclic) bond motifs is 1. The summed E-state index contributed by atoms with van der Waals surface area (Å²) in [6.45, 7) is 0. The fraction of sp³-hybridized carbons (Fsp3) is 0.118. The standard InChI is InChI=1S/C17H15NO2S/c1-18-14-8-3-4-9-15(14)21-16(11-17(18)19)12-6-5-7-13(10-12)20-2/h3-11H,1-2H3. The van der Waals surface area contributed by atoms with E-state index in [1.807, 2.05) is 48.5 Å². The van der Waals surface area contributed by atoms with Crippen LogP contribution in [0.4, 0.5) is 5.69 Å². The first kappa shape index (κ1) is 13.8. The molecule has 3 rings (SSSR count). The number of hydrogen-bond donors (Lipinski definition) is 0.